The lowest BCUT2D eigenvalue weighted by molar-refractivity contribution is -0.887. The van der Waals surface area contributed by atoms with Crippen molar-refractivity contribution < 1.29 is 38.2 Å². The lowest BCUT2D eigenvalue weighted by Crippen LogP contribution is -2.50. The van der Waals surface area contributed by atoms with Crippen LogP contribution in [0.1, 0.15) is 162 Å². The van der Waals surface area contributed by atoms with Crippen LogP contribution in [0.3, 0.4) is 0 Å². The van der Waals surface area contributed by atoms with Gasteiger partial charge in [-0.2, -0.15) is 0 Å². The predicted octanol–water partition coefficient (Wildman–Crippen LogP) is 11.4. The molecule has 0 saturated carbocycles. The van der Waals surface area contributed by atoms with E-state index in [1.807, 2.05) is 75.8 Å². The zero-order valence-electron chi connectivity index (χ0n) is 35.2. The first-order valence-electron chi connectivity index (χ1n) is 21.4. The predicted molar refractivity (Wildman–Crippen MR) is 224 cm³/mol. The van der Waals surface area contributed by atoms with Crippen LogP contribution >= 0.6 is 0 Å². The number of unbranched alkanes of at least 4 members (excludes halogenated alkanes) is 17. The van der Waals surface area contributed by atoms with Gasteiger partial charge in [0, 0.05) is 19.3 Å². The Labute approximate surface area is 330 Å². The summed E-state index contributed by atoms with van der Waals surface area (Å²) >= 11 is 0. The summed E-state index contributed by atoms with van der Waals surface area (Å²) in [7, 11) is 5.49. The van der Waals surface area contributed by atoms with Gasteiger partial charge in [-0.05, 0) is 25.7 Å². The molecule has 8 nitrogen and oxygen atoms in total. The molecule has 0 aliphatic heterocycles. The second-order valence-electron chi connectivity index (χ2n) is 15.3. The Hall–Kier alpha value is -2.97. The summed E-state index contributed by atoms with van der Waals surface area (Å²) in [6.45, 7) is 4.51. The molecule has 0 radical (unpaired) electrons. The largest absolute Gasteiger partial charge is 0.477 e. The van der Waals surface area contributed by atoms with E-state index >= 15 is 0 Å². The Morgan fingerprint density at radius 2 is 1.04 bits per heavy atom. The van der Waals surface area contributed by atoms with Crippen molar-refractivity contribution in [3.8, 4) is 0 Å². The summed E-state index contributed by atoms with van der Waals surface area (Å²) in [5.41, 5.74) is 0. The van der Waals surface area contributed by atoms with Gasteiger partial charge in [0.25, 0.3) is 0 Å². The Morgan fingerprint density at radius 1 is 0.574 bits per heavy atom. The van der Waals surface area contributed by atoms with Crippen molar-refractivity contribution in [2.45, 2.75) is 174 Å². The summed E-state index contributed by atoms with van der Waals surface area (Å²) in [6.07, 6.45) is 44.2. The van der Waals surface area contributed by atoms with E-state index in [1.165, 1.54) is 89.9 Å². The summed E-state index contributed by atoms with van der Waals surface area (Å²) in [4.78, 5) is 36.9. The van der Waals surface area contributed by atoms with E-state index in [2.05, 4.69) is 19.9 Å². The molecule has 2 atom stereocenters. The lowest BCUT2D eigenvalue weighted by Gasteiger charge is -2.31. The van der Waals surface area contributed by atoms with Gasteiger partial charge in [0.15, 0.2) is 12.1 Å². The second-order valence-corrected chi connectivity index (χ2v) is 15.3. The van der Waals surface area contributed by atoms with Crippen LogP contribution in [-0.2, 0) is 28.6 Å². The van der Waals surface area contributed by atoms with Gasteiger partial charge in [-0.3, -0.25) is 9.59 Å². The molecule has 1 N–H and O–H groups in total. The summed E-state index contributed by atoms with van der Waals surface area (Å²) in [5.74, 6) is -1.57. The highest BCUT2D eigenvalue weighted by Crippen LogP contribution is 2.15. The molecule has 54 heavy (non-hydrogen) atoms. The van der Waals surface area contributed by atoms with Crippen molar-refractivity contribution in [2.24, 2.45) is 0 Å². The molecule has 0 amide bonds. The fourth-order valence-corrected chi connectivity index (χ4v) is 6.00. The first kappa shape index (κ1) is 51.0. The summed E-state index contributed by atoms with van der Waals surface area (Å²) in [6, 6.07) is -0.628. The molecule has 0 heterocycles. The van der Waals surface area contributed by atoms with Crippen LogP contribution < -0.4 is 0 Å². The van der Waals surface area contributed by atoms with E-state index in [0.29, 0.717) is 19.3 Å². The quantitative estimate of drug-likeness (QED) is 0.0291. The lowest BCUT2D eigenvalue weighted by atomic mass is 10.0. The number of carbonyl (C=O) groups is 3. The zero-order chi connectivity index (χ0) is 40.0. The molecule has 0 aliphatic rings. The molecule has 8 heteroatoms. The topological polar surface area (TPSA) is 99.1 Å². The SMILES string of the molecule is CC/C=C/C=C/C=C/C=C/C=C/CCCC(=O)OC(COCCC(C(=O)O)[N+](C)(C)C)COC(=O)CCCCCCCCCCCCCCCCCCC. The third-order valence-electron chi connectivity index (χ3n) is 9.31. The van der Waals surface area contributed by atoms with Crippen LogP contribution in [0.4, 0.5) is 0 Å². The molecule has 0 rings (SSSR count). The number of esters is 2. The van der Waals surface area contributed by atoms with Crippen molar-refractivity contribution in [3.05, 3.63) is 60.8 Å². The molecular weight excluding hydrogens is 679 g/mol. The maximum atomic E-state index is 12.7. The highest BCUT2D eigenvalue weighted by molar-refractivity contribution is 5.72. The van der Waals surface area contributed by atoms with Gasteiger partial charge in [0.2, 0.25) is 0 Å². The molecule has 0 aromatic heterocycles. The fraction of sp³-hybridized carbons (Fsp3) is 0.717. The molecule has 0 aromatic carbocycles. The van der Waals surface area contributed by atoms with Crippen molar-refractivity contribution in [2.75, 3.05) is 41.0 Å². The van der Waals surface area contributed by atoms with E-state index in [0.717, 1.165) is 32.1 Å². The zero-order valence-corrected chi connectivity index (χ0v) is 35.2. The number of quaternary nitrogens is 1. The minimum atomic E-state index is -0.888. The first-order chi connectivity index (χ1) is 26.1. The second kappa shape index (κ2) is 37.0. The summed E-state index contributed by atoms with van der Waals surface area (Å²) < 4.78 is 17.2. The van der Waals surface area contributed by atoms with Gasteiger partial charge in [0.05, 0.1) is 34.4 Å². The Bertz CT molecular complexity index is 1070. The van der Waals surface area contributed by atoms with Crippen molar-refractivity contribution >= 4 is 17.9 Å². The average molecular weight is 759 g/mol. The third-order valence-corrected chi connectivity index (χ3v) is 9.31. The van der Waals surface area contributed by atoms with Crippen LogP contribution in [-0.4, -0.2) is 80.6 Å². The number of carbonyl (C=O) groups excluding carboxylic acids is 2. The number of aliphatic carboxylic acids is 1. The number of hydrogen-bond acceptors (Lipinski definition) is 6. The van der Waals surface area contributed by atoms with Crippen molar-refractivity contribution in [1.29, 1.82) is 0 Å². The van der Waals surface area contributed by atoms with Crippen LogP contribution in [0.5, 0.6) is 0 Å². The van der Waals surface area contributed by atoms with E-state index in [4.69, 9.17) is 14.2 Å². The summed E-state index contributed by atoms with van der Waals surface area (Å²) in [5, 5.41) is 9.60. The van der Waals surface area contributed by atoms with Gasteiger partial charge < -0.3 is 23.8 Å². The van der Waals surface area contributed by atoms with Gasteiger partial charge in [0.1, 0.15) is 6.61 Å². The number of allylic oxidation sites excluding steroid dienone is 10. The standard InChI is InChI=1S/C46H79NO7/c1-6-8-10-12-14-16-18-20-21-22-23-25-26-28-30-32-34-36-44(48)53-41-42(40-52-39-38-43(46(50)51)47(3,4)5)54-45(49)37-35-33-31-29-27-24-19-17-15-13-11-9-7-2/h9,11,13,15,17,19,24,27,29,31,42-43H,6-8,10,12,14,16,18,20-23,25-26,28,30,32-41H2,1-5H3/p+1/b11-9+,15-13+,19-17+,27-24+,31-29+. The van der Waals surface area contributed by atoms with E-state index in [1.54, 1.807) is 0 Å². The maximum absolute atomic E-state index is 12.7. The number of hydrogen-bond donors (Lipinski definition) is 1. The fourth-order valence-electron chi connectivity index (χ4n) is 6.00. The van der Waals surface area contributed by atoms with E-state index < -0.39 is 18.1 Å². The average Bonchev–Trinajstić information content (AvgIpc) is 3.12. The molecule has 0 fully saturated rings. The number of nitrogens with zero attached hydrogens (tertiary/aromatic N) is 1. The Kier molecular flexibility index (Phi) is 34.9. The number of ether oxygens (including phenoxy) is 3. The Morgan fingerprint density at radius 3 is 1.52 bits per heavy atom. The number of rotatable bonds is 37. The van der Waals surface area contributed by atoms with Gasteiger partial charge in [-0.25, -0.2) is 4.79 Å². The molecule has 2 unspecified atom stereocenters. The molecule has 0 spiro atoms. The third kappa shape index (κ3) is 34.8. The van der Waals surface area contributed by atoms with Crippen molar-refractivity contribution in [3.63, 3.8) is 0 Å². The minimum Gasteiger partial charge on any atom is -0.477 e. The molecule has 0 aromatic rings. The minimum absolute atomic E-state index is 0.0317. The van der Waals surface area contributed by atoms with Crippen LogP contribution in [0.15, 0.2) is 60.8 Å². The Balaban J connectivity index is 4.42. The number of likely N-dealkylation sites (N-methyl/N-ethyl adjacent to an activating group) is 1. The number of carboxylic acids is 1. The maximum Gasteiger partial charge on any atom is 0.362 e. The highest BCUT2D eigenvalue weighted by atomic mass is 16.6. The first-order valence-corrected chi connectivity index (χ1v) is 21.4. The van der Waals surface area contributed by atoms with Gasteiger partial charge in [-0.1, -0.05) is 177 Å². The monoisotopic (exact) mass is 759 g/mol. The highest BCUT2D eigenvalue weighted by Gasteiger charge is 2.31. The molecular formula is C46H80NO7+. The van der Waals surface area contributed by atoms with Gasteiger partial charge in [-0.15, -0.1) is 0 Å². The molecule has 0 aliphatic carbocycles. The number of carboxylic acid groups (broad SMARTS) is 1. The smallest absolute Gasteiger partial charge is 0.362 e. The van der Waals surface area contributed by atoms with Gasteiger partial charge >= 0.3 is 17.9 Å². The molecule has 310 valence electrons. The molecule has 0 bridgehead atoms. The normalized spacial score (nSPS) is 13.6. The van der Waals surface area contributed by atoms with Crippen molar-refractivity contribution in [1.82, 2.24) is 0 Å². The molecule has 0 saturated heterocycles. The van der Waals surface area contributed by atoms with Crippen LogP contribution in [0.25, 0.3) is 0 Å². The van der Waals surface area contributed by atoms with Crippen LogP contribution in [0.2, 0.25) is 0 Å². The van der Waals surface area contributed by atoms with Crippen LogP contribution in [0, 0.1) is 0 Å². The van der Waals surface area contributed by atoms with E-state index in [-0.39, 0.29) is 42.7 Å². The van der Waals surface area contributed by atoms with E-state index in [9.17, 15) is 19.5 Å².